The van der Waals surface area contributed by atoms with Crippen molar-refractivity contribution in [3.63, 3.8) is 0 Å². The minimum absolute atomic E-state index is 0.0593. The van der Waals surface area contributed by atoms with Crippen LogP contribution in [0.5, 0.6) is 0 Å². The van der Waals surface area contributed by atoms with Crippen LogP contribution in [0.4, 0.5) is 0 Å². The highest BCUT2D eigenvalue weighted by atomic mass is 35.5. The Hall–Kier alpha value is -2.02. The molecule has 2 aromatic carbocycles. The molecule has 2 aromatic rings. The minimum Gasteiger partial charge on any atom is -0.355 e. The van der Waals surface area contributed by atoms with Gasteiger partial charge < -0.3 is 10.6 Å². The fourth-order valence-electron chi connectivity index (χ4n) is 3.84. The van der Waals surface area contributed by atoms with Crippen molar-refractivity contribution in [2.45, 2.75) is 37.5 Å². The summed E-state index contributed by atoms with van der Waals surface area (Å²) in [6.45, 7) is 4.87. The number of nitrogens with zero attached hydrogens (tertiary/aromatic N) is 1. The molecule has 3 rings (SSSR count). The van der Waals surface area contributed by atoms with E-state index in [1.54, 1.807) is 11.8 Å². The fraction of sp³-hybridized carbons (Fsp3) is 0.440. The van der Waals surface area contributed by atoms with Gasteiger partial charge in [0.2, 0.25) is 11.8 Å². The van der Waals surface area contributed by atoms with Gasteiger partial charge in [0, 0.05) is 30.7 Å². The Labute approximate surface area is 200 Å². The van der Waals surface area contributed by atoms with E-state index in [0.717, 1.165) is 44.5 Å². The minimum atomic E-state index is 0.0593. The van der Waals surface area contributed by atoms with Crippen LogP contribution in [0.15, 0.2) is 54.6 Å². The number of hydrogen-bond acceptors (Lipinski definition) is 4. The largest absolute Gasteiger partial charge is 0.355 e. The Balaban J connectivity index is 1.48. The van der Waals surface area contributed by atoms with Crippen molar-refractivity contribution in [3.8, 4) is 0 Å². The lowest BCUT2D eigenvalue weighted by Gasteiger charge is -2.32. The molecule has 172 valence electrons. The summed E-state index contributed by atoms with van der Waals surface area (Å²) in [5.74, 6) is 0.533. The molecule has 0 aromatic heterocycles. The normalized spacial score (nSPS) is 15.8. The standard InChI is InChI=1S/C25H32ClN3O2S/c1-2-14-27-23(30)17-29-15-12-22(13-16-29)28-24(31)18-32-25(19-6-4-3-5-7-19)20-8-10-21(26)11-9-20/h3-11,22,25H,2,12-18H2,1H3,(H,27,30)(H,28,31)/t25-/m0/s1. The predicted molar refractivity (Wildman–Crippen MR) is 133 cm³/mol. The zero-order chi connectivity index (χ0) is 22.8. The number of carbonyl (C=O) groups excluding carboxylic acids is 2. The molecule has 0 unspecified atom stereocenters. The predicted octanol–water partition coefficient (Wildman–Crippen LogP) is 4.27. The maximum absolute atomic E-state index is 12.7. The molecular formula is C25H32ClN3O2S. The van der Waals surface area contributed by atoms with E-state index in [2.05, 4.69) is 27.7 Å². The van der Waals surface area contributed by atoms with E-state index in [1.807, 2.05) is 49.4 Å². The van der Waals surface area contributed by atoms with Crippen molar-refractivity contribution in [3.05, 3.63) is 70.7 Å². The van der Waals surface area contributed by atoms with E-state index in [-0.39, 0.29) is 23.1 Å². The van der Waals surface area contributed by atoms with E-state index in [9.17, 15) is 9.59 Å². The highest BCUT2D eigenvalue weighted by molar-refractivity contribution is 8.00. The van der Waals surface area contributed by atoms with Crippen LogP contribution >= 0.6 is 23.4 Å². The number of carbonyl (C=O) groups is 2. The first-order chi connectivity index (χ1) is 15.5. The van der Waals surface area contributed by atoms with Crippen LogP contribution < -0.4 is 10.6 Å². The second-order valence-corrected chi connectivity index (χ2v) is 9.65. The van der Waals surface area contributed by atoms with Gasteiger partial charge in [-0.25, -0.2) is 0 Å². The molecule has 0 bridgehead atoms. The van der Waals surface area contributed by atoms with Crippen molar-refractivity contribution in [2.24, 2.45) is 0 Å². The fourth-order valence-corrected chi connectivity index (χ4v) is 5.06. The lowest BCUT2D eigenvalue weighted by molar-refractivity contribution is -0.123. The number of benzene rings is 2. The molecule has 0 aliphatic carbocycles. The van der Waals surface area contributed by atoms with E-state index >= 15 is 0 Å². The molecule has 0 radical (unpaired) electrons. The molecule has 1 aliphatic heterocycles. The quantitative estimate of drug-likeness (QED) is 0.541. The molecule has 1 saturated heterocycles. The average Bonchev–Trinajstić information content (AvgIpc) is 2.81. The van der Waals surface area contributed by atoms with Crippen molar-refractivity contribution in [1.82, 2.24) is 15.5 Å². The molecule has 1 heterocycles. The Morgan fingerprint density at radius 2 is 1.69 bits per heavy atom. The summed E-state index contributed by atoms with van der Waals surface area (Å²) in [5.41, 5.74) is 2.30. The van der Waals surface area contributed by atoms with Crippen LogP contribution in [0, 0.1) is 0 Å². The van der Waals surface area contributed by atoms with E-state index in [0.29, 0.717) is 17.3 Å². The SMILES string of the molecule is CCCNC(=O)CN1CCC(NC(=O)CS[C@@H](c2ccccc2)c2ccc(Cl)cc2)CC1. The summed E-state index contributed by atoms with van der Waals surface area (Å²) in [4.78, 5) is 26.7. The number of piperidine rings is 1. The second kappa shape index (κ2) is 12.9. The van der Waals surface area contributed by atoms with Gasteiger partial charge in [0.1, 0.15) is 0 Å². The Bertz CT molecular complexity index is 855. The lowest BCUT2D eigenvalue weighted by atomic mass is 10.0. The first kappa shape index (κ1) is 24.6. The van der Waals surface area contributed by atoms with Gasteiger partial charge in [0.15, 0.2) is 0 Å². The number of halogens is 1. The van der Waals surface area contributed by atoms with Crippen molar-refractivity contribution in [2.75, 3.05) is 31.9 Å². The van der Waals surface area contributed by atoms with Gasteiger partial charge in [0.25, 0.3) is 0 Å². The summed E-state index contributed by atoms with van der Waals surface area (Å²) >= 11 is 7.69. The molecule has 5 nitrogen and oxygen atoms in total. The number of rotatable bonds is 10. The summed E-state index contributed by atoms with van der Waals surface area (Å²) in [6, 6.07) is 18.2. The molecule has 2 amide bonds. The van der Waals surface area contributed by atoms with Gasteiger partial charge in [-0.2, -0.15) is 0 Å². The summed E-state index contributed by atoms with van der Waals surface area (Å²) in [5, 5.41) is 6.88. The van der Waals surface area contributed by atoms with Crippen LogP contribution in [-0.4, -0.2) is 54.7 Å². The number of likely N-dealkylation sites (tertiary alicyclic amines) is 1. The lowest BCUT2D eigenvalue weighted by Crippen LogP contribution is -2.47. The van der Waals surface area contributed by atoms with Gasteiger partial charge in [0.05, 0.1) is 17.5 Å². The van der Waals surface area contributed by atoms with E-state index in [4.69, 9.17) is 11.6 Å². The molecule has 0 saturated carbocycles. The molecule has 1 fully saturated rings. The summed E-state index contributed by atoms with van der Waals surface area (Å²) in [6.07, 6.45) is 2.69. The Kier molecular flexibility index (Phi) is 9.90. The zero-order valence-electron chi connectivity index (χ0n) is 18.6. The molecule has 7 heteroatoms. The Morgan fingerprint density at radius 3 is 2.34 bits per heavy atom. The van der Waals surface area contributed by atoms with E-state index < -0.39 is 0 Å². The third-order valence-corrected chi connectivity index (χ3v) is 7.11. The molecule has 32 heavy (non-hydrogen) atoms. The van der Waals surface area contributed by atoms with Crippen LogP contribution in [0.1, 0.15) is 42.6 Å². The van der Waals surface area contributed by atoms with Gasteiger partial charge in [-0.05, 0) is 42.5 Å². The molecule has 2 N–H and O–H groups in total. The van der Waals surface area contributed by atoms with Gasteiger partial charge >= 0.3 is 0 Å². The second-order valence-electron chi connectivity index (χ2n) is 8.12. The smallest absolute Gasteiger partial charge is 0.234 e. The maximum Gasteiger partial charge on any atom is 0.234 e. The maximum atomic E-state index is 12.7. The van der Waals surface area contributed by atoms with Crippen molar-refractivity contribution in [1.29, 1.82) is 0 Å². The van der Waals surface area contributed by atoms with E-state index in [1.165, 1.54) is 5.56 Å². The molecule has 1 aliphatic rings. The summed E-state index contributed by atoms with van der Waals surface area (Å²) in [7, 11) is 0. The first-order valence-corrected chi connectivity index (χ1v) is 12.7. The highest BCUT2D eigenvalue weighted by Crippen LogP contribution is 2.36. The van der Waals surface area contributed by atoms with Crippen LogP contribution in [0.2, 0.25) is 5.02 Å². The third kappa shape index (κ3) is 7.84. The van der Waals surface area contributed by atoms with Crippen molar-refractivity contribution < 1.29 is 9.59 Å². The van der Waals surface area contributed by atoms with Crippen molar-refractivity contribution >= 4 is 35.2 Å². The zero-order valence-corrected chi connectivity index (χ0v) is 20.1. The molecule has 1 atom stereocenters. The van der Waals surface area contributed by atoms with Crippen LogP contribution in [0.3, 0.4) is 0 Å². The topological polar surface area (TPSA) is 61.4 Å². The highest BCUT2D eigenvalue weighted by Gasteiger charge is 2.23. The Morgan fingerprint density at radius 1 is 1.03 bits per heavy atom. The monoisotopic (exact) mass is 473 g/mol. The summed E-state index contributed by atoms with van der Waals surface area (Å²) < 4.78 is 0. The third-order valence-electron chi connectivity index (χ3n) is 5.55. The number of amides is 2. The van der Waals surface area contributed by atoms with Crippen LogP contribution in [0.25, 0.3) is 0 Å². The number of thioether (sulfide) groups is 1. The molecular weight excluding hydrogens is 442 g/mol. The first-order valence-electron chi connectivity index (χ1n) is 11.3. The number of hydrogen-bond donors (Lipinski definition) is 2. The number of nitrogens with one attached hydrogen (secondary N) is 2. The van der Waals surface area contributed by atoms with Gasteiger partial charge in [-0.3, -0.25) is 14.5 Å². The van der Waals surface area contributed by atoms with Gasteiger partial charge in [-0.15, -0.1) is 11.8 Å². The molecule has 0 spiro atoms. The average molecular weight is 474 g/mol. The van der Waals surface area contributed by atoms with Gasteiger partial charge in [-0.1, -0.05) is 61.0 Å². The van der Waals surface area contributed by atoms with Crippen LogP contribution in [-0.2, 0) is 9.59 Å².